The van der Waals surface area contributed by atoms with Crippen LogP contribution in [0.4, 0.5) is 0 Å². The second-order valence-corrected chi connectivity index (χ2v) is 16.5. The van der Waals surface area contributed by atoms with Crippen LogP contribution in [-0.2, 0) is 42.9 Å². The van der Waals surface area contributed by atoms with Crippen LogP contribution in [0.5, 0.6) is 0 Å². The summed E-state index contributed by atoms with van der Waals surface area (Å²) in [6.45, 7) is 9.21. The lowest BCUT2D eigenvalue weighted by Gasteiger charge is -2.45. The average molecular weight is 672 g/mol. The molecule has 2 aromatic rings. The Bertz CT molecular complexity index is 1280. The van der Waals surface area contributed by atoms with E-state index in [2.05, 4.69) is 19.2 Å². The van der Waals surface area contributed by atoms with Crippen LogP contribution in [-0.4, -0.2) is 80.8 Å². The van der Waals surface area contributed by atoms with Crippen molar-refractivity contribution in [3.63, 3.8) is 0 Å². The first kappa shape index (κ1) is 37.9. The van der Waals surface area contributed by atoms with E-state index >= 15 is 0 Å². The molecule has 2 N–H and O–H groups in total. The van der Waals surface area contributed by atoms with Gasteiger partial charge in [-0.1, -0.05) is 93.8 Å². The zero-order chi connectivity index (χ0) is 34.6. The van der Waals surface area contributed by atoms with Crippen molar-refractivity contribution < 1.29 is 47.7 Å². The number of hydrogen-bond acceptors (Lipinski definition) is 10. The number of hydrogen-bond donors (Lipinski definition) is 2. The molecule has 0 aliphatic carbocycles. The summed E-state index contributed by atoms with van der Waals surface area (Å²) in [7, 11) is -3.08. The minimum absolute atomic E-state index is 0.266. The molecule has 1 heterocycles. The molecular formula is C35H49NO10Si. The van der Waals surface area contributed by atoms with Crippen LogP contribution in [0.1, 0.15) is 73.6 Å². The van der Waals surface area contributed by atoms with Gasteiger partial charge in [0.15, 0.2) is 18.5 Å². The maximum absolute atomic E-state index is 12.4. The Labute approximate surface area is 278 Å². The van der Waals surface area contributed by atoms with Gasteiger partial charge < -0.3 is 33.8 Å². The lowest BCUT2D eigenvalue weighted by atomic mass is 9.96. The molecule has 1 aliphatic rings. The number of benzene rings is 2. The summed E-state index contributed by atoms with van der Waals surface area (Å²) in [4.78, 5) is 60.1. The van der Waals surface area contributed by atoms with Crippen molar-refractivity contribution in [1.29, 1.82) is 0 Å². The standard InChI is InChI=1S/C35H49NO10Si/c1-24(37)36-31-33(45-27(4)40)32(44-26(3)39)30(23-43-25(2)38)46-34(31)42-22-16-8-7-15-21-35(5,6)47(41,28-17-11-9-12-18-28)29-19-13-10-14-20-29/h9-14,17-20,30-34,41H,7-8,15-16,21-23H2,1-6H3,(H,36,37). The van der Waals surface area contributed by atoms with Gasteiger partial charge in [-0.3, -0.25) is 19.2 Å². The molecule has 0 saturated carbocycles. The van der Waals surface area contributed by atoms with Gasteiger partial charge in [0.25, 0.3) is 8.32 Å². The smallest absolute Gasteiger partial charge is 0.303 e. The van der Waals surface area contributed by atoms with E-state index < -0.39 is 62.8 Å². The monoisotopic (exact) mass is 671 g/mol. The third-order valence-corrected chi connectivity index (χ3v) is 13.0. The molecule has 0 spiro atoms. The largest absolute Gasteiger partial charge is 0.463 e. The first-order chi connectivity index (χ1) is 22.3. The van der Waals surface area contributed by atoms with Gasteiger partial charge in [-0.2, -0.15) is 0 Å². The summed E-state index contributed by atoms with van der Waals surface area (Å²) >= 11 is 0. The minimum Gasteiger partial charge on any atom is -0.463 e. The molecule has 1 saturated heterocycles. The lowest BCUT2D eigenvalue weighted by molar-refractivity contribution is -0.277. The normalized spacial score (nSPS) is 21.4. The molecule has 5 unspecified atom stereocenters. The van der Waals surface area contributed by atoms with Gasteiger partial charge >= 0.3 is 17.9 Å². The molecule has 3 rings (SSSR count). The first-order valence-corrected chi connectivity index (χ1v) is 18.1. The quantitative estimate of drug-likeness (QED) is 0.118. The molecule has 5 atom stereocenters. The van der Waals surface area contributed by atoms with Crippen molar-refractivity contribution in [2.24, 2.45) is 0 Å². The topological polar surface area (TPSA) is 147 Å². The van der Waals surface area contributed by atoms with E-state index in [1.807, 2.05) is 60.7 Å². The number of carbonyl (C=O) groups is 4. The number of unbranched alkanes of at least 4 members (excludes halogenated alkanes) is 3. The van der Waals surface area contributed by atoms with E-state index in [1.165, 1.54) is 27.7 Å². The highest BCUT2D eigenvalue weighted by Crippen LogP contribution is 2.40. The third-order valence-electron chi connectivity index (χ3n) is 8.41. The van der Waals surface area contributed by atoms with E-state index in [0.29, 0.717) is 6.42 Å². The number of carbonyl (C=O) groups excluding carboxylic acids is 4. The van der Waals surface area contributed by atoms with E-state index in [0.717, 1.165) is 36.1 Å². The van der Waals surface area contributed by atoms with Crippen molar-refractivity contribution >= 4 is 42.5 Å². The highest BCUT2D eigenvalue weighted by molar-refractivity contribution is 6.98. The van der Waals surface area contributed by atoms with Crippen molar-refractivity contribution in [2.45, 2.75) is 109 Å². The van der Waals surface area contributed by atoms with Crippen molar-refractivity contribution in [1.82, 2.24) is 5.32 Å². The number of ether oxygens (including phenoxy) is 5. The maximum Gasteiger partial charge on any atom is 0.303 e. The summed E-state index contributed by atoms with van der Waals surface area (Å²) in [5, 5.41) is 4.35. The van der Waals surface area contributed by atoms with Gasteiger partial charge in [0.1, 0.15) is 18.8 Å². The van der Waals surface area contributed by atoms with Crippen LogP contribution < -0.4 is 15.7 Å². The van der Waals surface area contributed by atoms with Gasteiger partial charge in [0.2, 0.25) is 5.91 Å². The summed E-state index contributed by atoms with van der Waals surface area (Å²) in [5.74, 6) is -2.33. The zero-order valence-corrected chi connectivity index (χ0v) is 29.2. The molecule has 0 radical (unpaired) electrons. The molecule has 258 valence electrons. The second-order valence-electron chi connectivity index (χ2n) is 12.6. The van der Waals surface area contributed by atoms with Crippen LogP contribution >= 0.6 is 0 Å². The van der Waals surface area contributed by atoms with Crippen LogP contribution in [0.15, 0.2) is 60.7 Å². The lowest BCUT2D eigenvalue weighted by Crippen LogP contribution is -2.66. The molecule has 47 heavy (non-hydrogen) atoms. The Hall–Kier alpha value is -3.58. The molecule has 0 aromatic heterocycles. The van der Waals surface area contributed by atoms with Gasteiger partial charge in [-0.05, 0) is 28.3 Å². The molecule has 2 aromatic carbocycles. The Morgan fingerprint density at radius 2 is 1.32 bits per heavy atom. The molecule has 1 aliphatic heterocycles. The van der Waals surface area contributed by atoms with Gasteiger partial charge in [0.05, 0.1) is 0 Å². The van der Waals surface area contributed by atoms with Crippen LogP contribution in [0.25, 0.3) is 0 Å². The van der Waals surface area contributed by atoms with Crippen LogP contribution in [0, 0.1) is 0 Å². The maximum atomic E-state index is 12.4. The highest BCUT2D eigenvalue weighted by Gasteiger charge is 2.52. The summed E-state index contributed by atoms with van der Waals surface area (Å²) in [6, 6.07) is 18.9. The third kappa shape index (κ3) is 10.5. The van der Waals surface area contributed by atoms with Crippen LogP contribution in [0.2, 0.25) is 5.04 Å². The Kier molecular flexibility index (Phi) is 14.1. The van der Waals surface area contributed by atoms with Gasteiger partial charge in [-0.25, -0.2) is 0 Å². The second kappa shape index (κ2) is 17.5. The molecule has 1 fully saturated rings. The fourth-order valence-corrected chi connectivity index (χ4v) is 9.93. The molecule has 1 amide bonds. The summed E-state index contributed by atoms with van der Waals surface area (Å²) < 4.78 is 28.2. The molecule has 11 nitrogen and oxygen atoms in total. The summed E-state index contributed by atoms with van der Waals surface area (Å²) in [5.41, 5.74) is 0. The fraction of sp³-hybridized carbons (Fsp3) is 0.543. The average Bonchev–Trinajstić information content (AvgIpc) is 3.01. The van der Waals surface area contributed by atoms with E-state index in [9.17, 15) is 24.0 Å². The predicted molar refractivity (Wildman–Crippen MR) is 177 cm³/mol. The minimum atomic E-state index is -3.08. The molecule has 12 heteroatoms. The number of esters is 3. The van der Waals surface area contributed by atoms with E-state index in [1.54, 1.807) is 0 Å². The van der Waals surface area contributed by atoms with Crippen molar-refractivity contribution in [2.75, 3.05) is 13.2 Å². The molecule has 0 bridgehead atoms. The summed E-state index contributed by atoms with van der Waals surface area (Å²) in [6.07, 6.45) is -0.258. The van der Waals surface area contributed by atoms with Gasteiger partial charge in [0, 0.05) is 34.3 Å². The fourth-order valence-electron chi connectivity index (χ4n) is 6.14. The van der Waals surface area contributed by atoms with Gasteiger partial charge in [-0.15, -0.1) is 0 Å². The number of nitrogens with one attached hydrogen (secondary N) is 1. The van der Waals surface area contributed by atoms with E-state index in [-0.39, 0.29) is 18.3 Å². The van der Waals surface area contributed by atoms with Crippen molar-refractivity contribution in [3.05, 3.63) is 60.7 Å². The van der Waals surface area contributed by atoms with Crippen molar-refractivity contribution in [3.8, 4) is 0 Å². The Morgan fingerprint density at radius 3 is 1.83 bits per heavy atom. The zero-order valence-electron chi connectivity index (χ0n) is 28.2. The first-order valence-electron chi connectivity index (χ1n) is 16.1. The Balaban J connectivity index is 1.64. The predicted octanol–water partition coefficient (Wildman–Crippen LogP) is 3.14. The Morgan fingerprint density at radius 1 is 0.787 bits per heavy atom. The SMILES string of the molecule is CC(=O)NC1C(OCCCCCCC(C)(C)[Si](O)(c2ccccc2)c2ccccc2)OC(COC(C)=O)C(OC(C)=O)C1OC(C)=O. The van der Waals surface area contributed by atoms with E-state index in [4.69, 9.17) is 23.7 Å². The highest BCUT2D eigenvalue weighted by atomic mass is 28.4. The van der Waals surface area contributed by atoms with Crippen LogP contribution in [0.3, 0.4) is 0 Å². The molecular weight excluding hydrogens is 622 g/mol. The number of amides is 1. The number of rotatable bonds is 16.